The van der Waals surface area contributed by atoms with Crippen molar-refractivity contribution in [2.24, 2.45) is 7.05 Å². The van der Waals surface area contributed by atoms with Crippen molar-refractivity contribution in [1.29, 1.82) is 0 Å². The number of carboxylic acid groups (broad SMARTS) is 1. The van der Waals surface area contributed by atoms with Crippen LogP contribution in [0.25, 0.3) is 0 Å². The first-order chi connectivity index (χ1) is 7.13. The van der Waals surface area contributed by atoms with Crippen LogP contribution >= 0.6 is 0 Å². The second-order valence-corrected chi connectivity index (χ2v) is 3.14. The lowest BCUT2D eigenvalue weighted by atomic mass is 10.3. The fraction of sp³-hybridized carbons (Fsp3) is 0.400. The molecule has 5 heteroatoms. The van der Waals surface area contributed by atoms with Crippen molar-refractivity contribution in [1.82, 2.24) is 9.78 Å². The number of hydrogen-bond acceptors (Lipinski definition) is 3. The van der Waals surface area contributed by atoms with Crippen LogP contribution in [0.15, 0.2) is 18.3 Å². The molecule has 1 rings (SSSR count). The van der Waals surface area contributed by atoms with Crippen molar-refractivity contribution in [3.05, 3.63) is 24.0 Å². The van der Waals surface area contributed by atoms with E-state index in [0.717, 1.165) is 23.9 Å². The van der Waals surface area contributed by atoms with E-state index in [1.54, 1.807) is 10.8 Å². The summed E-state index contributed by atoms with van der Waals surface area (Å²) in [7, 11) is 1.86. The van der Waals surface area contributed by atoms with E-state index < -0.39 is 5.97 Å². The minimum Gasteiger partial charge on any atom is -0.478 e. The van der Waals surface area contributed by atoms with E-state index in [9.17, 15) is 4.79 Å². The number of hydrogen-bond donors (Lipinski definition) is 2. The molecule has 0 aliphatic carbocycles. The maximum Gasteiger partial charge on any atom is 0.328 e. The Balaban J connectivity index is 2.53. The molecular weight excluding hydrogens is 194 g/mol. The molecular formula is C10H15N3O2. The van der Waals surface area contributed by atoms with Gasteiger partial charge in [0.15, 0.2) is 0 Å². The van der Waals surface area contributed by atoms with Crippen LogP contribution in [0.1, 0.15) is 12.6 Å². The van der Waals surface area contributed by atoms with Gasteiger partial charge in [0.25, 0.3) is 0 Å². The highest BCUT2D eigenvalue weighted by molar-refractivity contribution is 5.79. The highest BCUT2D eigenvalue weighted by atomic mass is 16.4. The molecule has 0 aliphatic heterocycles. The Morgan fingerprint density at radius 1 is 1.73 bits per heavy atom. The van der Waals surface area contributed by atoms with Crippen molar-refractivity contribution < 1.29 is 9.90 Å². The minimum atomic E-state index is -0.932. The number of aliphatic carboxylic acids is 1. The third-order valence-corrected chi connectivity index (χ3v) is 1.91. The second kappa shape index (κ2) is 5.19. The third-order valence-electron chi connectivity index (χ3n) is 1.91. The summed E-state index contributed by atoms with van der Waals surface area (Å²) in [5.74, 6) is -0.932. The minimum absolute atomic E-state index is 0.491. The average Bonchev–Trinajstić information content (AvgIpc) is 2.53. The molecule has 0 atom stereocenters. The van der Waals surface area contributed by atoms with E-state index in [2.05, 4.69) is 10.4 Å². The van der Waals surface area contributed by atoms with Crippen LogP contribution in [0.3, 0.4) is 0 Å². The lowest BCUT2D eigenvalue weighted by molar-refractivity contribution is -0.131. The summed E-state index contributed by atoms with van der Waals surface area (Å²) < 4.78 is 1.74. The lowest BCUT2D eigenvalue weighted by Gasteiger charge is -2.00. The molecule has 2 N–H and O–H groups in total. The topological polar surface area (TPSA) is 67.2 Å². The summed E-state index contributed by atoms with van der Waals surface area (Å²) in [5, 5.41) is 15.7. The van der Waals surface area contributed by atoms with Crippen LogP contribution in [0.5, 0.6) is 0 Å². The molecule has 0 amide bonds. The fourth-order valence-corrected chi connectivity index (χ4v) is 1.27. The van der Waals surface area contributed by atoms with Gasteiger partial charge in [0.2, 0.25) is 0 Å². The van der Waals surface area contributed by atoms with Crippen LogP contribution in [-0.4, -0.2) is 27.4 Å². The van der Waals surface area contributed by atoms with Gasteiger partial charge in [-0.15, -0.1) is 0 Å². The summed E-state index contributed by atoms with van der Waals surface area (Å²) in [6.07, 6.45) is 5.42. The van der Waals surface area contributed by atoms with Gasteiger partial charge >= 0.3 is 5.97 Å². The van der Waals surface area contributed by atoms with E-state index in [-0.39, 0.29) is 0 Å². The molecule has 82 valence electrons. The number of nitrogens with one attached hydrogen (secondary N) is 1. The van der Waals surface area contributed by atoms with E-state index in [0.29, 0.717) is 6.54 Å². The van der Waals surface area contributed by atoms with Crippen LogP contribution in [0.4, 0.5) is 5.69 Å². The molecule has 15 heavy (non-hydrogen) atoms. The monoisotopic (exact) mass is 209 g/mol. The van der Waals surface area contributed by atoms with E-state index in [1.165, 1.54) is 0 Å². The van der Waals surface area contributed by atoms with Crippen molar-refractivity contribution in [3.63, 3.8) is 0 Å². The molecule has 0 spiro atoms. The zero-order valence-electron chi connectivity index (χ0n) is 8.90. The van der Waals surface area contributed by atoms with Gasteiger partial charge < -0.3 is 10.4 Å². The van der Waals surface area contributed by atoms with Crippen molar-refractivity contribution in [3.8, 4) is 0 Å². The molecule has 0 radical (unpaired) electrons. The molecule has 1 aromatic rings. The summed E-state index contributed by atoms with van der Waals surface area (Å²) in [4.78, 5) is 10.2. The summed E-state index contributed by atoms with van der Waals surface area (Å²) in [5.41, 5.74) is 1.94. The van der Waals surface area contributed by atoms with E-state index in [4.69, 9.17) is 5.11 Å². The molecule has 0 fully saturated rings. The number of aromatic nitrogens is 2. The normalized spacial score (nSPS) is 10.8. The van der Waals surface area contributed by atoms with Gasteiger partial charge in [-0.3, -0.25) is 4.68 Å². The number of rotatable bonds is 5. The number of carbonyl (C=O) groups is 1. The number of nitrogens with zero attached hydrogens (tertiary/aromatic N) is 2. The van der Waals surface area contributed by atoms with Crippen LogP contribution in [-0.2, 0) is 18.3 Å². The van der Waals surface area contributed by atoms with Crippen molar-refractivity contribution in [2.75, 3.05) is 11.9 Å². The molecule has 0 unspecified atom stereocenters. The van der Waals surface area contributed by atoms with Crippen molar-refractivity contribution >= 4 is 11.7 Å². The smallest absolute Gasteiger partial charge is 0.328 e. The summed E-state index contributed by atoms with van der Waals surface area (Å²) in [6.45, 7) is 2.52. The Labute approximate surface area is 88.4 Å². The van der Waals surface area contributed by atoms with Gasteiger partial charge in [-0.1, -0.05) is 13.0 Å². The predicted molar refractivity (Wildman–Crippen MR) is 57.9 cm³/mol. The molecule has 0 saturated carbocycles. The van der Waals surface area contributed by atoms with Gasteiger partial charge in [-0.25, -0.2) is 4.79 Å². The SMILES string of the molecule is CCc1nn(C)cc1NC/C=C/C(=O)O. The lowest BCUT2D eigenvalue weighted by Crippen LogP contribution is -2.00. The van der Waals surface area contributed by atoms with Gasteiger partial charge in [-0.05, 0) is 6.42 Å². The van der Waals surface area contributed by atoms with Gasteiger partial charge in [0.05, 0.1) is 11.4 Å². The van der Waals surface area contributed by atoms with Crippen LogP contribution in [0, 0.1) is 0 Å². The zero-order valence-corrected chi connectivity index (χ0v) is 8.90. The van der Waals surface area contributed by atoms with E-state index in [1.807, 2.05) is 20.2 Å². The zero-order chi connectivity index (χ0) is 11.3. The Morgan fingerprint density at radius 2 is 2.47 bits per heavy atom. The first-order valence-electron chi connectivity index (χ1n) is 4.79. The standard InChI is InChI=1S/C10H15N3O2/c1-3-8-9(7-13(2)12-8)11-6-4-5-10(14)15/h4-5,7,11H,3,6H2,1-2H3,(H,14,15)/b5-4+. The molecule has 1 aromatic heterocycles. The van der Waals surface area contributed by atoms with Gasteiger partial charge in [0.1, 0.15) is 0 Å². The number of anilines is 1. The van der Waals surface area contributed by atoms with E-state index >= 15 is 0 Å². The Bertz CT molecular complexity index is 369. The second-order valence-electron chi connectivity index (χ2n) is 3.14. The maximum atomic E-state index is 10.2. The fourth-order valence-electron chi connectivity index (χ4n) is 1.27. The maximum absolute atomic E-state index is 10.2. The highest BCUT2D eigenvalue weighted by Crippen LogP contribution is 2.12. The Morgan fingerprint density at radius 3 is 3.07 bits per heavy atom. The molecule has 0 aromatic carbocycles. The number of carboxylic acids is 1. The quantitative estimate of drug-likeness (QED) is 0.711. The molecule has 1 heterocycles. The largest absolute Gasteiger partial charge is 0.478 e. The Kier molecular flexibility index (Phi) is 3.91. The molecule has 0 bridgehead atoms. The predicted octanol–water partition coefficient (Wildman–Crippen LogP) is 1.04. The molecule has 5 nitrogen and oxygen atoms in total. The molecule has 0 saturated heterocycles. The van der Waals surface area contributed by atoms with Crippen LogP contribution < -0.4 is 5.32 Å². The van der Waals surface area contributed by atoms with Gasteiger partial charge in [0, 0.05) is 25.9 Å². The first-order valence-corrected chi connectivity index (χ1v) is 4.79. The summed E-state index contributed by atoms with van der Waals surface area (Å²) >= 11 is 0. The first kappa shape index (κ1) is 11.3. The van der Waals surface area contributed by atoms with Crippen molar-refractivity contribution in [2.45, 2.75) is 13.3 Å². The highest BCUT2D eigenvalue weighted by Gasteiger charge is 2.03. The number of aryl methyl sites for hydroxylation is 2. The summed E-state index contributed by atoms with van der Waals surface area (Å²) in [6, 6.07) is 0. The van der Waals surface area contributed by atoms with Crippen LogP contribution in [0.2, 0.25) is 0 Å². The third kappa shape index (κ3) is 3.46. The average molecular weight is 209 g/mol. The van der Waals surface area contributed by atoms with Gasteiger partial charge in [-0.2, -0.15) is 5.10 Å². The molecule has 0 aliphatic rings. The Hall–Kier alpha value is -1.78.